The van der Waals surface area contributed by atoms with Gasteiger partial charge in [-0.05, 0) is 24.6 Å². The third-order valence-electron chi connectivity index (χ3n) is 4.71. The predicted octanol–water partition coefficient (Wildman–Crippen LogP) is 2.97. The molecule has 132 valence electrons. The second-order valence-corrected chi connectivity index (χ2v) is 6.44. The lowest BCUT2D eigenvalue weighted by Gasteiger charge is -2.37. The zero-order valence-corrected chi connectivity index (χ0v) is 14.5. The monoisotopic (exact) mass is 341 g/mol. The molecule has 1 N–H and O–H groups in total. The minimum absolute atomic E-state index is 0.165. The van der Waals surface area contributed by atoms with Gasteiger partial charge in [-0.15, -0.1) is 0 Å². The molecule has 0 aromatic heterocycles. The fraction of sp³-hybridized carbons (Fsp3) is 0.350. The molecule has 2 aromatic carbocycles. The molecule has 3 rings (SSSR count). The Bertz CT molecular complexity index is 699. The van der Waals surface area contributed by atoms with Crippen LogP contribution in [0, 0.1) is 5.82 Å². The number of nitrogens with one attached hydrogen (secondary N) is 1. The number of carbonyl (C=O) groups is 1. The number of nitrogens with zero attached hydrogens (tertiary/aromatic N) is 2. The Morgan fingerprint density at radius 3 is 2.36 bits per heavy atom. The number of hydrogen-bond donors (Lipinski definition) is 1. The summed E-state index contributed by atoms with van der Waals surface area (Å²) in [6.07, 6.45) is 0. The number of halogens is 1. The highest BCUT2D eigenvalue weighted by Gasteiger charge is 2.26. The van der Waals surface area contributed by atoms with Gasteiger partial charge in [-0.1, -0.05) is 42.5 Å². The van der Waals surface area contributed by atoms with E-state index in [0.717, 1.165) is 32.7 Å². The highest BCUT2D eigenvalue weighted by Crippen LogP contribution is 2.15. The van der Waals surface area contributed by atoms with E-state index in [2.05, 4.69) is 39.4 Å². The van der Waals surface area contributed by atoms with Crippen molar-refractivity contribution in [1.82, 2.24) is 9.80 Å². The summed E-state index contributed by atoms with van der Waals surface area (Å²) in [6.45, 7) is 6.32. The number of anilines is 1. The van der Waals surface area contributed by atoms with Gasteiger partial charge in [0.15, 0.2) is 0 Å². The number of piperazine rings is 1. The van der Waals surface area contributed by atoms with Crippen molar-refractivity contribution in [3.05, 3.63) is 66.0 Å². The number of hydrogen-bond acceptors (Lipinski definition) is 3. The summed E-state index contributed by atoms with van der Waals surface area (Å²) >= 11 is 0. The lowest BCUT2D eigenvalue weighted by Crippen LogP contribution is -2.52. The SMILES string of the molecule is C[C@@H](C(=O)Nc1ccccc1F)N1CCN(Cc2ccccc2)CC1. The van der Waals surface area contributed by atoms with Crippen LogP contribution in [0.1, 0.15) is 12.5 Å². The average molecular weight is 341 g/mol. The van der Waals surface area contributed by atoms with E-state index in [1.807, 2.05) is 13.0 Å². The second-order valence-electron chi connectivity index (χ2n) is 6.44. The molecule has 0 spiro atoms. The van der Waals surface area contributed by atoms with Gasteiger partial charge >= 0.3 is 0 Å². The molecule has 0 saturated carbocycles. The molecule has 0 bridgehead atoms. The maximum absolute atomic E-state index is 13.7. The first kappa shape index (κ1) is 17.6. The van der Waals surface area contributed by atoms with Crippen molar-refractivity contribution in [2.45, 2.75) is 19.5 Å². The van der Waals surface area contributed by atoms with Crippen LogP contribution in [-0.4, -0.2) is 47.9 Å². The third kappa shape index (κ3) is 4.65. The molecule has 1 saturated heterocycles. The smallest absolute Gasteiger partial charge is 0.241 e. The Hall–Kier alpha value is -2.24. The third-order valence-corrected chi connectivity index (χ3v) is 4.71. The van der Waals surface area contributed by atoms with E-state index in [1.54, 1.807) is 18.2 Å². The molecule has 1 aliphatic heterocycles. The number of amides is 1. The molecule has 1 amide bonds. The van der Waals surface area contributed by atoms with Crippen molar-refractivity contribution >= 4 is 11.6 Å². The molecule has 1 atom stereocenters. The van der Waals surface area contributed by atoms with Crippen molar-refractivity contribution in [2.24, 2.45) is 0 Å². The first-order valence-electron chi connectivity index (χ1n) is 8.69. The lowest BCUT2D eigenvalue weighted by atomic mass is 10.1. The van der Waals surface area contributed by atoms with Crippen molar-refractivity contribution in [1.29, 1.82) is 0 Å². The topological polar surface area (TPSA) is 35.6 Å². The maximum Gasteiger partial charge on any atom is 0.241 e. The Balaban J connectivity index is 1.50. The number of benzene rings is 2. The van der Waals surface area contributed by atoms with Gasteiger partial charge in [-0.3, -0.25) is 14.6 Å². The van der Waals surface area contributed by atoms with Crippen LogP contribution in [0.15, 0.2) is 54.6 Å². The zero-order chi connectivity index (χ0) is 17.6. The quantitative estimate of drug-likeness (QED) is 0.908. The normalized spacial score (nSPS) is 17.2. The summed E-state index contributed by atoms with van der Waals surface area (Å²) in [5.41, 5.74) is 1.54. The van der Waals surface area contributed by atoms with Gasteiger partial charge in [0.25, 0.3) is 0 Å². The molecule has 0 unspecified atom stereocenters. The van der Waals surface area contributed by atoms with Crippen LogP contribution in [0.25, 0.3) is 0 Å². The lowest BCUT2D eigenvalue weighted by molar-refractivity contribution is -0.121. The molecule has 1 fully saturated rings. The van der Waals surface area contributed by atoms with Crippen LogP contribution >= 0.6 is 0 Å². The van der Waals surface area contributed by atoms with Crippen LogP contribution in [0.4, 0.5) is 10.1 Å². The fourth-order valence-electron chi connectivity index (χ4n) is 3.12. The first-order valence-corrected chi connectivity index (χ1v) is 8.69. The van der Waals surface area contributed by atoms with E-state index in [-0.39, 0.29) is 17.6 Å². The molecule has 4 nitrogen and oxygen atoms in total. The molecule has 5 heteroatoms. The minimum atomic E-state index is -0.407. The summed E-state index contributed by atoms with van der Waals surface area (Å²) in [4.78, 5) is 17.0. The Labute approximate surface area is 148 Å². The van der Waals surface area contributed by atoms with E-state index in [9.17, 15) is 9.18 Å². The number of para-hydroxylation sites is 1. The molecular weight excluding hydrogens is 317 g/mol. The molecule has 25 heavy (non-hydrogen) atoms. The molecule has 2 aromatic rings. The van der Waals surface area contributed by atoms with Crippen LogP contribution in [0.3, 0.4) is 0 Å². The van der Waals surface area contributed by atoms with Gasteiger partial charge < -0.3 is 5.32 Å². The van der Waals surface area contributed by atoms with Crippen molar-refractivity contribution in [3.8, 4) is 0 Å². The molecule has 1 aliphatic rings. The number of carbonyl (C=O) groups excluding carboxylic acids is 1. The minimum Gasteiger partial charge on any atom is -0.322 e. The fourth-order valence-corrected chi connectivity index (χ4v) is 3.12. The van der Waals surface area contributed by atoms with Gasteiger partial charge in [0.1, 0.15) is 5.82 Å². The summed E-state index contributed by atoms with van der Waals surface area (Å²) in [7, 11) is 0. The molecular formula is C20H24FN3O. The standard InChI is InChI=1S/C20H24FN3O/c1-16(20(25)22-19-10-6-5-9-18(19)21)24-13-11-23(12-14-24)15-17-7-3-2-4-8-17/h2-10,16H,11-15H2,1H3,(H,22,25)/t16-/m0/s1. The van der Waals surface area contributed by atoms with Gasteiger partial charge in [-0.25, -0.2) is 4.39 Å². The highest BCUT2D eigenvalue weighted by atomic mass is 19.1. The predicted molar refractivity (Wildman–Crippen MR) is 97.8 cm³/mol. The summed E-state index contributed by atoms with van der Waals surface area (Å²) in [5, 5.41) is 2.69. The van der Waals surface area contributed by atoms with Crippen LogP contribution in [-0.2, 0) is 11.3 Å². The van der Waals surface area contributed by atoms with E-state index in [0.29, 0.717) is 0 Å². The molecule has 1 heterocycles. The molecule has 0 radical (unpaired) electrons. The van der Waals surface area contributed by atoms with E-state index >= 15 is 0 Å². The summed E-state index contributed by atoms with van der Waals surface area (Å²) in [5.74, 6) is -0.572. The van der Waals surface area contributed by atoms with Crippen molar-refractivity contribution in [3.63, 3.8) is 0 Å². The van der Waals surface area contributed by atoms with Gasteiger partial charge in [-0.2, -0.15) is 0 Å². The maximum atomic E-state index is 13.7. The number of rotatable bonds is 5. The largest absolute Gasteiger partial charge is 0.322 e. The highest BCUT2D eigenvalue weighted by molar-refractivity contribution is 5.94. The van der Waals surface area contributed by atoms with Crippen LogP contribution in [0.5, 0.6) is 0 Å². The van der Waals surface area contributed by atoms with Crippen molar-refractivity contribution in [2.75, 3.05) is 31.5 Å². The van der Waals surface area contributed by atoms with Gasteiger partial charge in [0, 0.05) is 32.7 Å². The Kier molecular flexibility index (Phi) is 5.79. The summed E-state index contributed by atoms with van der Waals surface area (Å²) < 4.78 is 13.7. The summed E-state index contributed by atoms with van der Waals surface area (Å²) in [6, 6.07) is 16.4. The van der Waals surface area contributed by atoms with Crippen LogP contribution < -0.4 is 5.32 Å². The Morgan fingerprint density at radius 1 is 1.04 bits per heavy atom. The van der Waals surface area contributed by atoms with Crippen LogP contribution in [0.2, 0.25) is 0 Å². The van der Waals surface area contributed by atoms with E-state index in [1.165, 1.54) is 11.6 Å². The second kappa shape index (κ2) is 8.23. The van der Waals surface area contributed by atoms with Gasteiger partial charge in [0.05, 0.1) is 11.7 Å². The van der Waals surface area contributed by atoms with E-state index < -0.39 is 5.82 Å². The van der Waals surface area contributed by atoms with Gasteiger partial charge in [0.2, 0.25) is 5.91 Å². The average Bonchev–Trinajstić information content (AvgIpc) is 2.64. The Morgan fingerprint density at radius 2 is 1.68 bits per heavy atom. The van der Waals surface area contributed by atoms with Crippen molar-refractivity contribution < 1.29 is 9.18 Å². The van der Waals surface area contributed by atoms with E-state index in [4.69, 9.17) is 0 Å². The first-order chi connectivity index (χ1) is 12.1. The zero-order valence-electron chi connectivity index (χ0n) is 14.5. The molecule has 0 aliphatic carbocycles.